The number of nitrogens with zero attached hydrogens (tertiary/aromatic N) is 1. The number of piperazine rings is 1. The molecule has 2 N–H and O–H groups in total. The second-order valence-corrected chi connectivity index (χ2v) is 4.67. The van der Waals surface area contributed by atoms with Crippen LogP contribution in [0.5, 0.6) is 0 Å². The fourth-order valence-corrected chi connectivity index (χ4v) is 2.07. The Morgan fingerprint density at radius 1 is 1.55 bits per heavy atom. The van der Waals surface area contributed by atoms with E-state index in [1.807, 2.05) is 0 Å². The highest BCUT2D eigenvalue weighted by Crippen LogP contribution is 2.07. The second kappa shape index (κ2) is 5.77. The molecule has 3 amide bonds. The van der Waals surface area contributed by atoms with Crippen molar-refractivity contribution < 1.29 is 18.8 Å². The third-order valence-corrected chi connectivity index (χ3v) is 3.24. The number of rotatable bonds is 3. The van der Waals surface area contributed by atoms with Gasteiger partial charge in [-0.3, -0.25) is 14.4 Å². The number of carbonyl (C=O) groups is 3. The molecule has 1 aliphatic heterocycles. The predicted octanol–water partition coefficient (Wildman–Crippen LogP) is -0.255. The molecule has 1 aromatic heterocycles. The van der Waals surface area contributed by atoms with E-state index >= 15 is 0 Å². The Morgan fingerprint density at radius 2 is 2.30 bits per heavy atom. The summed E-state index contributed by atoms with van der Waals surface area (Å²) in [4.78, 5) is 37.1. The highest BCUT2D eigenvalue weighted by molar-refractivity contribution is 5.96. The number of hydrogen-bond donors (Lipinski definition) is 2. The number of nitrogens with one attached hydrogen (secondary N) is 2. The molecule has 0 saturated carbocycles. The van der Waals surface area contributed by atoms with Crippen LogP contribution in [-0.2, 0) is 9.59 Å². The Morgan fingerprint density at radius 3 is 2.95 bits per heavy atom. The molecule has 0 radical (unpaired) electrons. The molecular formula is C13H17N3O4. The number of amides is 3. The molecule has 2 rings (SSSR count). The zero-order valence-corrected chi connectivity index (χ0v) is 11.4. The predicted molar refractivity (Wildman–Crippen MR) is 69.8 cm³/mol. The normalized spacial score (nSPS) is 20.2. The van der Waals surface area contributed by atoms with Gasteiger partial charge < -0.3 is 20.0 Å². The summed E-state index contributed by atoms with van der Waals surface area (Å²) in [6.07, 6.45) is 1.39. The minimum atomic E-state index is -0.721. The molecule has 0 aromatic carbocycles. The van der Waals surface area contributed by atoms with Crippen LogP contribution in [0.4, 0.5) is 0 Å². The minimum Gasteiger partial charge on any atom is -0.459 e. The third-order valence-electron chi connectivity index (χ3n) is 3.24. The smallest absolute Gasteiger partial charge is 0.287 e. The zero-order valence-electron chi connectivity index (χ0n) is 11.4. The van der Waals surface area contributed by atoms with Crippen molar-refractivity contribution in [2.24, 2.45) is 0 Å². The van der Waals surface area contributed by atoms with Crippen LogP contribution >= 0.6 is 0 Å². The van der Waals surface area contributed by atoms with Crippen molar-refractivity contribution >= 4 is 17.7 Å². The van der Waals surface area contributed by atoms with Gasteiger partial charge in [0, 0.05) is 13.1 Å². The third kappa shape index (κ3) is 2.81. The summed E-state index contributed by atoms with van der Waals surface area (Å²) < 4.78 is 4.96. The van der Waals surface area contributed by atoms with E-state index in [-0.39, 0.29) is 17.6 Å². The average Bonchev–Trinajstić information content (AvgIpc) is 2.95. The van der Waals surface area contributed by atoms with E-state index in [0.717, 1.165) is 0 Å². The average molecular weight is 279 g/mol. The lowest BCUT2D eigenvalue weighted by atomic mass is 10.1. The lowest BCUT2D eigenvalue weighted by Crippen LogP contribution is -2.59. The van der Waals surface area contributed by atoms with Gasteiger partial charge in [-0.1, -0.05) is 0 Å². The molecule has 1 aromatic rings. The van der Waals surface area contributed by atoms with E-state index in [2.05, 4.69) is 10.6 Å². The fourth-order valence-electron chi connectivity index (χ4n) is 2.07. The van der Waals surface area contributed by atoms with Crippen molar-refractivity contribution in [1.29, 1.82) is 0 Å². The summed E-state index contributed by atoms with van der Waals surface area (Å²) in [6.45, 7) is 4.11. The van der Waals surface area contributed by atoms with Crippen molar-refractivity contribution in [3.63, 3.8) is 0 Å². The molecular weight excluding hydrogens is 262 g/mol. The molecule has 108 valence electrons. The molecule has 1 saturated heterocycles. The van der Waals surface area contributed by atoms with E-state index in [1.165, 1.54) is 17.2 Å². The molecule has 7 nitrogen and oxygen atoms in total. The monoisotopic (exact) mass is 279 g/mol. The first kappa shape index (κ1) is 14.1. The lowest BCUT2D eigenvalue weighted by Gasteiger charge is -2.34. The van der Waals surface area contributed by atoms with Gasteiger partial charge in [-0.05, 0) is 26.0 Å². The van der Waals surface area contributed by atoms with E-state index in [9.17, 15) is 14.4 Å². The van der Waals surface area contributed by atoms with Crippen LogP contribution in [0, 0.1) is 0 Å². The quantitative estimate of drug-likeness (QED) is 0.797. The second-order valence-electron chi connectivity index (χ2n) is 4.67. The first-order chi connectivity index (χ1) is 9.50. The lowest BCUT2D eigenvalue weighted by molar-refractivity contribution is -0.143. The van der Waals surface area contributed by atoms with Gasteiger partial charge in [0.05, 0.1) is 6.26 Å². The Hall–Kier alpha value is -2.31. The maximum Gasteiger partial charge on any atom is 0.287 e. The highest BCUT2D eigenvalue weighted by Gasteiger charge is 2.32. The van der Waals surface area contributed by atoms with Crippen LogP contribution in [0.15, 0.2) is 22.8 Å². The topological polar surface area (TPSA) is 91.7 Å². The highest BCUT2D eigenvalue weighted by atomic mass is 16.3. The number of furan rings is 1. The first-order valence-electron chi connectivity index (χ1n) is 6.43. The van der Waals surface area contributed by atoms with Crippen molar-refractivity contribution in [3.8, 4) is 0 Å². The van der Waals surface area contributed by atoms with Gasteiger partial charge in [0.2, 0.25) is 11.8 Å². The largest absolute Gasteiger partial charge is 0.459 e. The molecule has 0 aliphatic carbocycles. The summed E-state index contributed by atoms with van der Waals surface area (Å²) >= 11 is 0. The minimum absolute atomic E-state index is 0.147. The van der Waals surface area contributed by atoms with Gasteiger partial charge in [-0.25, -0.2) is 0 Å². The molecule has 7 heteroatoms. The van der Waals surface area contributed by atoms with Crippen molar-refractivity contribution in [1.82, 2.24) is 15.5 Å². The Labute approximate surface area is 116 Å². The molecule has 2 unspecified atom stereocenters. The van der Waals surface area contributed by atoms with Crippen molar-refractivity contribution in [3.05, 3.63) is 24.2 Å². The number of carbonyl (C=O) groups excluding carboxylic acids is 3. The van der Waals surface area contributed by atoms with Gasteiger partial charge in [0.15, 0.2) is 5.76 Å². The van der Waals surface area contributed by atoms with Gasteiger partial charge in [-0.2, -0.15) is 0 Å². The van der Waals surface area contributed by atoms with E-state index < -0.39 is 18.0 Å². The van der Waals surface area contributed by atoms with Crippen LogP contribution in [0.25, 0.3) is 0 Å². The molecule has 2 heterocycles. The zero-order chi connectivity index (χ0) is 14.7. The summed E-state index contributed by atoms with van der Waals surface area (Å²) in [7, 11) is 0. The van der Waals surface area contributed by atoms with Crippen LogP contribution < -0.4 is 10.6 Å². The van der Waals surface area contributed by atoms with E-state index in [1.54, 1.807) is 19.9 Å². The van der Waals surface area contributed by atoms with Gasteiger partial charge in [-0.15, -0.1) is 0 Å². The van der Waals surface area contributed by atoms with Crippen molar-refractivity contribution in [2.45, 2.75) is 25.9 Å². The maximum absolute atomic E-state index is 12.3. The number of hydrogen-bond acceptors (Lipinski definition) is 4. The van der Waals surface area contributed by atoms with Gasteiger partial charge in [0.1, 0.15) is 12.1 Å². The molecule has 1 aliphatic rings. The van der Waals surface area contributed by atoms with Gasteiger partial charge in [0.25, 0.3) is 5.91 Å². The first-order valence-corrected chi connectivity index (χ1v) is 6.43. The summed E-state index contributed by atoms with van der Waals surface area (Å²) in [5.74, 6) is -0.777. The summed E-state index contributed by atoms with van der Waals surface area (Å²) in [5.41, 5.74) is 0. The maximum atomic E-state index is 12.3. The molecule has 1 fully saturated rings. The van der Waals surface area contributed by atoms with Crippen LogP contribution in [0.3, 0.4) is 0 Å². The van der Waals surface area contributed by atoms with E-state index in [0.29, 0.717) is 13.1 Å². The SMILES string of the molecule is CC(NC(=O)c1ccco1)C(=O)N1CCNC(=O)C1C. The Kier molecular flexibility index (Phi) is 4.07. The summed E-state index contributed by atoms with van der Waals surface area (Å²) in [6, 6.07) is 1.86. The van der Waals surface area contributed by atoms with Crippen molar-refractivity contribution in [2.75, 3.05) is 13.1 Å². The molecule has 20 heavy (non-hydrogen) atoms. The van der Waals surface area contributed by atoms with Crippen LogP contribution in [-0.4, -0.2) is 47.8 Å². The summed E-state index contributed by atoms with van der Waals surface area (Å²) in [5, 5.41) is 5.24. The van der Waals surface area contributed by atoms with Crippen LogP contribution in [0.2, 0.25) is 0 Å². The fraction of sp³-hybridized carbons (Fsp3) is 0.462. The molecule has 0 spiro atoms. The van der Waals surface area contributed by atoms with Gasteiger partial charge >= 0.3 is 0 Å². The van der Waals surface area contributed by atoms with Crippen LogP contribution in [0.1, 0.15) is 24.4 Å². The standard InChI is InChI=1S/C13H17N3O4/c1-8(15-12(18)10-4-3-7-20-10)13(19)16-6-5-14-11(17)9(16)2/h3-4,7-9H,5-6H2,1-2H3,(H,14,17)(H,15,18). The molecule has 0 bridgehead atoms. The molecule has 2 atom stereocenters. The Bertz CT molecular complexity index is 512. The van der Waals surface area contributed by atoms with E-state index in [4.69, 9.17) is 4.42 Å². The Balaban J connectivity index is 1.98.